The van der Waals surface area contributed by atoms with Crippen LogP contribution in [0.1, 0.15) is 60.3 Å². The number of ketones is 1. The van der Waals surface area contributed by atoms with Crippen LogP contribution in [0, 0.1) is 28.6 Å². The number of piperidine rings is 1. The van der Waals surface area contributed by atoms with Crippen molar-refractivity contribution in [1.82, 2.24) is 10.2 Å². The van der Waals surface area contributed by atoms with Crippen molar-refractivity contribution in [3.63, 3.8) is 0 Å². The third kappa shape index (κ3) is 3.98. The van der Waals surface area contributed by atoms with E-state index in [0.29, 0.717) is 18.9 Å². The summed E-state index contributed by atoms with van der Waals surface area (Å²) in [5.41, 5.74) is 10.9. The first-order chi connectivity index (χ1) is 13.8. The molecule has 168 valence electrons. The van der Waals surface area contributed by atoms with Gasteiger partial charge in [0, 0.05) is 6.54 Å². The number of nitrogens with zero attached hydrogens (tertiary/aromatic N) is 1. The van der Waals surface area contributed by atoms with Crippen LogP contribution < -0.4 is 16.8 Å². The van der Waals surface area contributed by atoms with Gasteiger partial charge in [0.1, 0.15) is 6.04 Å². The van der Waals surface area contributed by atoms with E-state index in [1.807, 2.05) is 20.8 Å². The minimum atomic E-state index is -1.04. The molecule has 0 aromatic rings. The minimum absolute atomic E-state index is 0.0154. The zero-order valence-electron chi connectivity index (χ0n) is 18.7. The number of likely N-dealkylation sites (tertiary alicyclic amines) is 1. The SMILES string of the molecule is CC(C)(C)[C@H](N)C(=O)N1CC2[C@@H]([C@H]1C(=O)NC(CC1CCC1)C(=O)C(N)=O)C2(C)C. The molecule has 5 atom stereocenters. The Bertz CT molecular complexity index is 753. The normalized spacial score (nSPS) is 29.4. The van der Waals surface area contributed by atoms with Gasteiger partial charge in [0.05, 0.1) is 12.1 Å². The molecule has 8 nitrogen and oxygen atoms in total. The van der Waals surface area contributed by atoms with Gasteiger partial charge in [-0.05, 0) is 35.0 Å². The van der Waals surface area contributed by atoms with Crippen molar-refractivity contribution in [1.29, 1.82) is 0 Å². The Morgan fingerprint density at radius 2 is 1.77 bits per heavy atom. The Balaban J connectivity index is 1.79. The van der Waals surface area contributed by atoms with Crippen LogP contribution in [0.15, 0.2) is 0 Å². The maximum atomic E-state index is 13.3. The molecule has 1 heterocycles. The van der Waals surface area contributed by atoms with E-state index in [-0.39, 0.29) is 29.1 Å². The lowest BCUT2D eigenvalue weighted by Crippen LogP contribution is -2.59. The van der Waals surface area contributed by atoms with Crippen molar-refractivity contribution >= 4 is 23.5 Å². The third-order valence-electron chi connectivity index (χ3n) is 7.63. The molecular formula is C22H36N4O4. The molecule has 5 N–H and O–H groups in total. The Morgan fingerprint density at radius 1 is 1.17 bits per heavy atom. The second kappa shape index (κ2) is 7.62. The maximum absolute atomic E-state index is 13.3. The van der Waals surface area contributed by atoms with Crippen molar-refractivity contribution in [3.8, 4) is 0 Å². The molecule has 1 saturated heterocycles. The van der Waals surface area contributed by atoms with Crippen molar-refractivity contribution in [2.24, 2.45) is 40.1 Å². The monoisotopic (exact) mass is 420 g/mol. The zero-order chi connectivity index (χ0) is 22.6. The number of hydrogen-bond acceptors (Lipinski definition) is 5. The van der Waals surface area contributed by atoms with Crippen LogP contribution in [0.4, 0.5) is 0 Å². The topological polar surface area (TPSA) is 136 Å². The summed E-state index contributed by atoms with van der Waals surface area (Å²) in [4.78, 5) is 51.9. The lowest BCUT2D eigenvalue weighted by atomic mass is 9.80. The van der Waals surface area contributed by atoms with E-state index >= 15 is 0 Å². The maximum Gasteiger partial charge on any atom is 0.287 e. The Labute approximate surface area is 178 Å². The smallest absolute Gasteiger partial charge is 0.287 e. The van der Waals surface area contributed by atoms with Crippen LogP contribution >= 0.6 is 0 Å². The third-order valence-corrected chi connectivity index (χ3v) is 7.63. The van der Waals surface area contributed by atoms with Crippen LogP contribution in [0.2, 0.25) is 0 Å². The van der Waals surface area contributed by atoms with Gasteiger partial charge in [-0.3, -0.25) is 19.2 Å². The number of amides is 3. The summed E-state index contributed by atoms with van der Waals surface area (Å²) in [7, 11) is 0. The number of Topliss-reactive ketones (excluding diaryl/α,β-unsaturated/α-hetero) is 1. The van der Waals surface area contributed by atoms with Gasteiger partial charge in [-0.25, -0.2) is 0 Å². The molecule has 30 heavy (non-hydrogen) atoms. The lowest BCUT2D eigenvalue weighted by Gasteiger charge is -2.36. The predicted molar refractivity (Wildman–Crippen MR) is 112 cm³/mol. The number of carbonyl (C=O) groups is 4. The van der Waals surface area contributed by atoms with Gasteiger partial charge in [0.15, 0.2) is 0 Å². The lowest BCUT2D eigenvalue weighted by molar-refractivity contribution is -0.144. The molecule has 0 spiro atoms. The van der Waals surface area contributed by atoms with E-state index in [1.165, 1.54) is 0 Å². The molecule has 3 fully saturated rings. The molecule has 0 aromatic heterocycles. The van der Waals surface area contributed by atoms with Gasteiger partial charge in [-0.1, -0.05) is 53.9 Å². The summed E-state index contributed by atoms with van der Waals surface area (Å²) in [5, 5.41) is 2.77. The van der Waals surface area contributed by atoms with Crippen molar-refractivity contribution < 1.29 is 19.2 Å². The highest BCUT2D eigenvalue weighted by Crippen LogP contribution is 2.65. The molecule has 0 bridgehead atoms. The van der Waals surface area contributed by atoms with Crippen LogP contribution in [0.3, 0.4) is 0 Å². The average molecular weight is 421 g/mol. The van der Waals surface area contributed by atoms with Gasteiger partial charge in [0.2, 0.25) is 17.6 Å². The zero-order valence-corrected chi connectivity index (χ0v) is 18.7. The van der Waals surface area contributed by atoms with Crippen LogP contribution in [0.25, 0.3) is 0 Å². The molecule has 2 saturated carbocycles. The molecule has 2 unspecified atom stereocenters. The largest absolute Gasteiger partial charge is 0.363 e. The van der Waals surface area contributed by atoms with E-state index in [9.17, 15) is 19.2 Å². The van der Waals surface area contributed by atoms with Crippen LogP contribution in [0.5, 0.6) is 0 Å². The fourth-order valence-corrected chi connectivity index (χ4v) is 5.08. The quantitative estimate of drug-likeness (QED) is 0.518. The van der Waals surface area contributed by atoms with Crippen LogP contribution in [-0.2, 0) is 19.2 Å². The molecule has 0 radical (unpaired) electrons. The summed E-state index contributed by atoms with van der Waals surface area (Å²) in [6.45, 7) is 10.3. The fourth-order valence-electron chi connectivity index (χ4n) is 5.08. The van der Waals surface area contributed by atoms with Crippen LogP contribution in [-0.4, -0.2) is 53.1 Å². The summed E-state index contributed by atoms with van der Waals surface area (Å²) in [6.07, 6.45) is 3.45. The van der Waals surface area contributed by atoms with Crippen molar-refractivity contribution in [2.75, 3.05) is 6.54 Å². The molecule has 3 rings (SSSR count). The van der Waals surface area contributed by atoms with Gasteiger partial charge in [0.25, 0.3) is 5.91 Å². The van der Waals surface area contributed by atoms with Crippen molar-refractivity contribution in [2.45, 2.75) is 78.4 Å². The van der Waals surface area contributed by atoms with Crippen molar-refractivity contribution in [3.05, 3.63) is 0 Å². The molecule has 1 aliphatic heterocycles. The molecule has 8 heteroatoms. The molecule has 0 aromatic carbocycles. The average Bonchev–Trinajstić information content (AvgIpc) is 2.95. The van der Waals surface area contributed by atoms with E-state index < -0.39 is 35.2 Å². The number of carbonyl (C=O) groups excluding carboxylic acids is 4. The first-order valence-corrected chi connectivity index (χ1v) is 11.0. The van der Waals surface area contributed by atoms with E-state index in [4.69, 9.17) is 11.5 Å². The highest BCUT2D eigenvalue weighted by atomic mass is 16.2. The first kappa shape index (κ1) is 22.7. The number of fused-ring (bicyclic) bond motifs is 1. The molecule has 3 aliphatic rings. The standard InChI is InChI=1S/C22H36N4O4/c1-21(2,3)17(23)20(30)26-10-12-14(22(12,4)5)15(26)19(29)25-13(16(27)18(24)28)9-11-7-6-8-11/h11-15,17H,6-10,23H2,1-5H3,(H2,24,28)(H,25,29)/t12?,13?,14-,15-,17+/m0/s1. The Kier molecular flexibility index (Phi) is 5.77. The Hall–Kier alpha value is -1.96. The van der Waals surface area contributed by atoms with E-state index in [0.717, 1.165) is 19.3 Å². The van der Waals surface area contributed by atoms with E-state index in [2.05, 4.69) is 19.2 Å². The van der Waals surface area contributed by atoms with Gasteiger partial charge >= 0.3 is 0 Å². The second-order valence-corrected chi connectivity index (χ2v) is 11.1. The van der Waals surface area contributed by atoms with E-state index in [1.54, 1.807) is 4.90 Å². The second-order valence-electron chi connectivity index (χ2n) is 11.1. The summed E-state index contributed by atoms with van der Waals surface area (Å²) >= 11 is 0. The van der Waals surface area contributed by atoms with Gasteiger partial charge < -0.3 is 21.7 Å². The summed E-state index contributed by atoms with van der Waals surface area (Å²) in [6, 6.07) is -2.35. The summed E-state index contributed by atoms with van der Waals surface area (Å²) in [5.74, 6) is -1.91. The number of rotatable bonds is 7. The molecule has 3 amide bonds. The molecule has 2 aliphatic carbocycles. The number of primary amides is 1. The Morgan fingerprint density at radius 3 is 2.23 bits per heavy atom. The number of nitrogens with one attached hydrogen (secondary N) is 1. The predicted octanol–water partition coefficient (Wildman–Crippen LogP) is 0.572. The minimum Gasteiger partial charge on any atom is -0.363 e. The number of hydrogen-bond donors (Lipinski definition) is 3. The summed E-state index contributed by atoms with van der Waals surface area (Å²) < 4.78 is 0. The molecular weight excluding hydrogens is 384 g/mol. The highest BCUT2D eigenvalue weighted by Gasteiger charge is 2.69. The van der Waals surface area contributed by atoms with Gasteiger partial charge in [-0.2, -0.15) is 0 Å². The first-order valence-electron chi connectivity index (χ1n) is 11.0. The van der Waals surface area contributed by atoms with Gasteiger partial charge in [-0.15, -0.1) is 0 Å². The fraction of sp³-hybridized carbons (Fsp3) is 0.818. The number of nitrogens with two attached hydrogens (primary N) is 2. The highest BCUT2D eigenvalue weighted by molar-refractivity contribution is 6.37.